The summed E-state index contributed by atoms with van der Waals surface area (Å²) in [5, 5.41) is 14.1. The van der Waals surface area contributed by atoms with Crippen LogP contribution in [0.25, 0.3) is 0 Å². The maximum atomic E-state index is 11.7. The van der Waals surface area contributed by atoms with Crippen LogP contribution in [0.4, 0.5) is 5.69 Å². The van der Waals surface area contributed by atoms with E-state index in [0.29, 0.717) is 17.7 Å². The van der Waals surface area contributed by atoms with Gasteiger partial charge in [-0.3, -0.25) is 14.4 Å². The van der Waals surface area contributed by atoms with E-state index in [9.17, 15) is 14.4 Å². The molecule has 1 atom stereocenters. The van der Waals surface area contributed by atoms with Gasteiger partial charge < -0.3 is 15.7 Å². The molecular formula is C15H20N2O4. The number of carboxylic acid groups (broad SMARTS) is 1. The van der Waals surface area contributed by atoms with Crippen molar-refractivity contribution in [3.05, 3.63) is 29.8 Å². The lowest BCUT2D eigenvalue weighted by Crippen LogP contribution is -2.32. The molecule has 0 fully saturated rings. The van der Waals surface area contributed by atoms with Gasteiger partial charge in [0.25, 0.3) is 0 Å². The fourth-order valence-electron chi connectivity index (χ4n) is 1.73. The summed E-state index contributed by atoms with van der Waals surface area (Å²) < 4.78 is 0. The Morgan fingerprint density at radius 3 is 2.57 bits per heavy atom. The van der Waals surface area contributed by atoms with Gasteiger partial charge in [0.05, 0.1) is 12.5 Å². The third kappa shape index (κ3) is 5.64. The van der Waals surface area contributed by atoms with Crippen LogP contribution < -0.4 is 10.6 Å². The Balaban J connectivity index is 2.58. The minimum atomic E-state index is -0.926. The Morgan fingerprint density at radius 2 is 1.95 bits per heavy atom. The van der Waals surface area contributed by atoms with Crippen molar-refractivity contribution < 1.29 is 19.5 Å². The second-order valence-corrected chi connectivity index (χ2v) is 4.76. The fourth-order valence-corrected chi connectivity index (χ4v) is 1.73. The van der Waals surface area contributed by atoms with Crippen molar-refractivity contribution in [2.45, 2.75) is 32.6 Å². The number of hydrogen-bond acceptors (Lipinski definition) is 3. The molecule has 0 spiro atoms. The van der Waals surface area contributed by atoms with E-state index < -0.39 is 11.9 Å². The van der Waals surface area contributed by atoms with Crippen LogP contribution in [-0.2, 0) is 14.4 Å². The lowest BCUT2D eigenvalue weighted by molar-refractivity contribution is -0.138. The highest BCUT2D eigenvalue weighted by Crippen LogP contribution is 2.19. The van der Waals surface area contributed by atoms with Gasteiger partial charge in [0.1, 0.15) is 0 Å². The molecule has 1 unspecified atom stereocenters. The van der Waals surface area contributed by atoms with Crippen molar-refractivity contribution in [1.29, 1.82) is 0 Å². The average Bonchev–Trinajstić information content (AvgIpc) is 2.45. The molecule has 6 heteroatoms. The topological polar surface area (TPSA) is 95.5 Å². The Bertz CT molecular complexity index is 528. The first-order chi connectivity index (χ1) is 9.93. The lowest BCUT2D eigenvalue weighted by Gasteiger charge is -2.10. The van der Waals surface area contributed by atoms with E-state index in [4.69, 9.17) is 5.11 Å². The lowest BCUT2D eigenvalue weighted by atomic mass is 10.0. The second kappa shape index (κ2) is 8.04. The normalized spacial score (nSPS) is 11.5. The molecule has 2 amide bonds. The minimum absolute atomic E-state index is 0.0997. The van der Waals surface area contributed by atoms with E-state index in [0.717, 1.165) is 6.42 Å². The Labute approximate surface area is 123 Å². The summed E-state index contributed by atoms with van der Waals surface area (Å²) in [6.07, 6.45) is 1.11. The van der Waals surface area contributed by atoms with Gasteiger partial charge >= 0.3 is 5.97 Å². The van der Waals surface area contributed by atoms with Gasteiger partial charge in [-0.15, -0.1) is 0 Å². The molecule has 0 aliphatic rings. The number of rotatable bonds is 7. The number of carbonyl (C=O) groups is 3. The molecule has 0 aromatic heterocycles. The van der Waals surface area contributed by atoms with Gasteiger partial charge in [0.15, 0.2) is 0 Å². The van der Waals surface area contributed by atoms with Crippen molar-refractivity contribution in [3.8, 4) is 0 Å². The van der Waals surface area contributed by atoms with E-state index in [1.807, 2.05) is 6.92 Å². The highest BCUT2D eigenvalue weighted by Gasteiger charge is 2.14. The number of carbonyl (C=O) groups excluding carboxylic acids is 2. The average molecular weight is 292 g/mol. The van der Waals surface area contributed by atoms with Crippen molar-refractivity contribution in [3.63, 3.8) is 0 Å². The number of amides is 2. The molecule has 114 valence electrons. The van der Waals surface area contributed by atoms with Gasteiger partial charge in [0, 0.05) is 12.1 Å². The zero-order chi connectivity index (χ0) is 15.8. The zero-order valence-corrected chi connectivity index (χ0v) is 12.2. The van der Waals surface area contributed by atoms with Crippen LogP contribution in [0.15, 0.2) is 24.3 Å². The SMILES string of the molecule is CCCC(=O)NCC(=O)Nc1cccc(C(C)C(=O)O)c1. The molecule has 0 bridgehead atoms. The third-order valence-corrected chi connectivity index (χ3v) is 2.96. The van der Waals surface area contributed by atoms with Crippen LogP contribution in [0.2, 0.25) is 0 Å². The smallest absolute Gasteiger partial charge is 0.310 e. The maximum absolute atomic E-state index is 11.7. The summed E-state index contributed by atoms with van der Waals surface area (Å²) in [7, 11) is 0. The van der Waals surface area contributed by atoms with Crippen molar-refractivity contribution in [2.75, 3.05) is 11.9 Å². The zero-order valence-electron chi connectivity index (χ0n) is 12.2. The minimum Gasteiger partial charge on any atom is -0.481 e. The summed E-state index contributed by atoms with van der Waals surface area (Å²) in [5.74, 6) is -2.09. The monoisotopic (exact) mass is 292 g/mol. The molecule has 1 rings (SSSR count). The molecular weight excluding hydrogens is 272 g/mol. The summed E-state index contributed by atoms with van der Waals surface area (Å²) in [5.41, 5.74) is 1.12. The number of carboxylic acids is 1. The van der Waals surface area contributed by atoms with Crippen molar-refractivity contribution in [2.24, 2.45) is 0 Å². The van der Waals surface area contributed by atoms with Gasteiger partial charge in [-0.05, 0) is 31.0 Å². The van der Waals surface area contributed by atoms with Crippen LogP contribution in [-0.4, -0.2) is 29.4 Å². The molecule has 0 aliphatic carbocycles. The molecule has 6 nitrogen and oxygen atoms in total. The van der Waals surface area contributed by atoms with Gasteiger partial charge in [-0.1, -0.05) is 19.1 Å². The second-order valence-electron chi connectivity index (χ2n) is 4.76. The fraction of sp³-hybridized carbons (Fsp3) is 0.400. The Morgan fingerprint density at radius 1 is 1.24 bits per heavy atom. The third-order valence-electron chi connectivity index (χ3n) is 2.96. The van der Waals surface area contributed by atoms with Crippen LogP contribution in [0.1, 0.15) is 38.2 Å². The number of hydrogen-bond donors (Lipinski definition) is 3. The first-order valence-electron chi connectivity index (χ1n) is 6.83. The number of anilines is 1. The molecule has 0 aliphatic heterocycles. The summed E-state index contributed by atoms with van der Waals surface area (Å²) in [6, 6.07) is 6.66. The van der Waals surface area contributed by atoms with Crippen molar-refractivity contribution in [1.82, 2.24) is 5.32 Å². The molecule has 3 N–H and O–H groups in total. The van der Waals surface area contributed by atoms with E-state index in [-0.39, 0.29) is 18.4 Å². The molecule has 0 heterocycles. The molecule has 1 aromatic rings. The first kappa shape index (κ1) is 16.7. The van der Waals surface area contributed by atoms with Crippen LogP contribution in [0.3, 0.4) is 0 Å². The van der Waals surface area contributed by atoms with E-state index in [1.54, 1.807) is 31.2 Å². The summed E-state index contributed by atoms with van der Waals surface area (Å²) in [4.78, 5) is 33.9. The highest BCUT2D eigenvalue weighted by molar-refractivity contribution is 5.94. The Hall–Kier alpha value is -2.37. The molecule has 0 radical (unpaired) electrons. The predicted octanol–water partition coefficient (Wildman–Crippen LogP) is 1.73. The van der Waals surface area contributed by atoms with Crippen molar-refractivity contribution >= 4 is 23.5 Å². The molecule has 1 aromatic carbocycles. The molecule has 0 saturated carbocycles. The van der Waals surface area contributed by atoms with Crippen LogP contribution >= 0.6 is 0 Å². The van der Waals surface area contributed by atoms with Gasteiger partial charge in [-0.25, -0.2) is 0 Å². The Kier molecular flexibility index (Phi) is 6.39. The number of benzene rings is 1. The molecule has 0 saturated heterocycles. The molecule has 21 heavy (non-hydrogen) atoms. The van der Waals surface area contributed by atoms with Gasteiger partial charge in [0.2, 0.25) is 11.8 Å². The van der Waals surface area contributed by atoms with Crippen LogP contribution in [0.5, 0.6) is 0 Å². The standard InChI is InChI=1S/C15H20N2O4/c1-3-5-13(18)16-9-14(19)17-12-7-4-6-11(8-12)10(2)15(20)21/h4,6-8,10H,3,5,9H2,1-2H3,(H,16,18)(H,17,19)(H,20,21). The van der Waals surface area contributed by atoms with E-state index in [1.165, 1.54) is 0 Å². The van der Waals surface area contributed by atoms with Gasteiger partial charge in [-0.2, -0.15) is 0 Å². The van der Waals surface area contributed by atoms with Crippen LogP contribution in [0, 0.1) is 0 Å². The number of nitrogens with one attached hydrogen (secondary N) is 2. The number of aliphatic carboxylic acids is 1. The first-order valence-corrected chi connectivity index (χ1v) is 6.83. The maximum Gasteiger partial charge on any atom is 0.310 e. The largest absolute Gasteiger partial charge is 0.481 e. The quantitative estimate of drug-likeness (QED) is 0.713. The highest BCUT2D eigenvalue weighted by atomic mass is 16.4. The summed E-state index contributed by atoms with van der Waals surface area (Å²) >= 11 is 0. The predicted molar refractivity (Wildman–Crippen MR) is 79.0 cm³/mol. The van der Waals surface area contributed by atoms with E-state index in [2.05, 4.69) is 10.6 Å². The summed E-state index contributed by atoms with van der Waals surface area (Å²) in [6.45, 7) is 3.36. The van der Waals surface area contributed by atoms with E-state index >= 15 is 0 Å².